The van der Waals surface area contributed by atoms with E-state index in [9.17, 15) is 14.4 Å². The van der Waals surface area contributed by atoms with Crippen molar-refractivity contribution in [1.29, 1.82) is 0 Å². The van der Waals surface area contributed by atoms with E-state index in [1.807, 2.05) is 6.92 Å². The van der Waals surface area contributed by atoms with Crippen LogP contribution in [0.25, 0.3) is 0 Å². The Morgan fingerprint density at radius 1 is 1.20 bits per heavy atom. The lowest BCUT2D eigenvalue weighted by molar-refractivity contribution is -0.119. The van der Waals surface area contributed by atoms with Gasteiger partial charge in [-0.2, -0.15) is 5.10 Å². The summed E-state index contributed by atoms with van der Waals surface area (Å²) in [6.07, 6.45) is 1.69. The van der Waals surface area contributed by atoms with Crippen LogP contribution in [0, 0.1) is 13.8 Å². The molecule has 0 aliphatic rings. The maximum absolute atomic E-state index is 12.5. The predicted octanol–water partition coefficient (Wildman–Crippen LogP) is 2.33. The van der Waals surface area contributed by atoms with Gasteiger partial charge in [-0.1, -0.05) is 0 Å². The normalized spacial score (nSPS) is 11.7. The first kappa shape index (κ1) is 18.7. The Morgan fingerprint density at radius 3 is 2.36 bits per heavy atom. The molecule has 0 fully saturated rings. The van der Waals surface area contributed by atoms with Gasteiger partial charge < -0.3 is 14.8 Å². The molecule has 2 rings (SSSR count). The van der Waals surface area contributed by atoms with Gasteiger partial charge in [0.05, 0.1) is 25.5 Å². The van der Waals surface area contributed by atoms with Crippen molar-refractivity contribution >= 4 is 34.2 Å². The summed E-state index contributed by atoms with van der Waals surface area (Å²) in [5.74, 6) is -1.59. The number of esters is 2. The summed E-state index contributed by atoms with van der Waals surface area (Å²) in [6.45, 7) is 5.11. The minimum Gasteiger partial charge on any atom is -0.465 e. The molecular formula is C16H19N3O5S. The molecule has 25 heavy (non-hydrogen) atoms. The molecule has 0 radical (unpaired) electrons. The van der Waals surface area contributed by atoms with Gasteiger partial charge in [0, 0.05) is 6.20 Å². The summed E-state index contributed by atoms with van der Waals surface area (Å²) in [7, 11) is 2.48. The zero-order valence-corrected chi connectivity index (χ0v) is 15.4. The Balaban J connectivity index is 2.35. The second kappa shape index (κ2) is 7.47. The van der Waals surface area contributed by atoms with E-state index in [0.29, 0.717) is 5.56 Å². The molecular weight excluding hydrogens is 346 g/mol. The van der Waals surface area contributed by atoms with Crippen molar-refractivity contribution in [2.75, 3.05) is 19.5 Å². The number of thiophene rings is 1. The monoisotopic (exact) mass is 365 g/mol. The van der Waals surface area contributed by atoms with Gasteiger partial charge in [0.2, 0.25) is 5.91 Å². The van der Waals surface area contributed by atoms with Crippen LogP contribution in [-0.2, 0) is 14.3 Å². The number of anilines is 1. The van der Waals surface area contributed by atoms with Crippen LogP contribution in [0.4, 0.5) is 5.00 Å². The topological polar surface area (TPSA) is 99.5 Å². The molecule has 0 aliphatic heterocycles. The minimum absolute atomic E-state index is 0.144. The Kier molecular flexibility index (Phi) is 5.58. The van der Waals surface area contributed by atoms with Crippen LogP contribution in [0.5, 0.6) is 0 Å². The predicted molar refractivity (Wildman–Crippen MR) is 92.0 cm³/mol. The van der Waals surface area contributed by atoms with Crippen molar-refractivity contribution in [2.24, 2.45) is 0 Å². The van der Waals surface area contributed by atoms with E-state index in [1.165, 1.54) is 18.9 Å². The number of amides is 1. The van der Waals surface area contributed by atoms with Gasteiger partial charge in [0.15, 0.2) is 0 Å². The summed E-state index contributed by atoms with van der Waals surface area (Å²) in [4.78, 5) is 36.7. The number of rotatable bonds is 5. The van der Waals surface area contributed by atoms with E-state index in [2.05, 4.69) is 10.4 Å². The molecule has 8 nitrogen and oxygen atoms in total. The highest BCUT2D eigenvalue weighted by atomic mass is 32.1. The lowest BCUT2D eigenvalue weighted by atomic mass is 10.1. The van der Waals surface area contributed by atoms with Gasteiger partial charge in [0.25, 0.3) is 0 Å². The third kappa shape index (κ3) is 3.71. The van der Waals surface area contributed by atoms with Crippen LogP contribution in [-0.4, -0.2) is 41.8 Å². The molecule has 0 aromatic carbocycles. The van der Waals surface area contributed by atoms with Gasteiger partial charge >= 0.3 is 11.9 Å². The molecule has 0 aliphatic carbocycles. The molecule has 1 N–H and O–H groups in total. The van der Waals surface area contributed by atoms with Gasteiger partial charge in [-0.15, -0.1) is 11.3 Å². The second-order valence-corrected chi connectivity index (χ2v) is 6.37. The van der Waals surface area contributed by atoms with E-state index in [0.717, 1.165) is 17.0 Å². The van der Waals surface area contributed by atoms with Crippen molar-refractivity contribution < 1.29 is 23.9 Å². The Labute approximate surface area is 148 Å². The number of carbonyl (C=O) groups excluding carboxylic acids is 3. The first-order valence-corrected chi connectivity index (χ1v) is 8.24. The van der Waals surface area contributed by atoms with Crippen molar-refractivity contribution in [1.82, 2.24) is 9.78 Å². The summed E-state index contributed by atoms with van der Waals surface area (Å²) in [5, 5.41) is 7.13. The summed E-state index contributed by atoms with van der Waals surface area (Å²) in [6, 6.07) is 1.19. The third-order valence-electron chi connectivity index (χ3n) is 3.66. The molecule has 0 saturated heterocycles. The molecule has 1 atom stereocenters. The standard InChI is InChI=1S/C16H19N3O5S/c1-8-6-7-19(18-8)10(3)13(20)17-14-11(15(21)23-4)9(2)12(25-14)16(22)24-5/h6-7,10H,1-5H3,(H,17,20). The van der Waals surface area contributed by atoms with Crippen molar-refractivity contribution in [3.63, 3.8) is 0 Å². The number of carbonyl (C=O) groups is 3. The Hall–Kier alpha value is -2.68. The molecule has 0 bridgehead atoms. The minimum atomic E-state index is -0.637. The number of nitrogens with one attached hydrogen (secondary N) is 1. The van der Waals surface area contributed by atoms with Gasteiger partial charge in [-0.3, -0.25) is 9.48 Å². The fourth-order valence-corrected chi connectivity index (χ4v) is 3.34. The van der Waals surface area contributed by atoms with Gasteiger partial charge in [-0.25, -0.2) is 9.59 Å². The van der Waals surface area contributed by atoms with Crippen molar-refractivity contribution in [3.8, 4) is 0 Å². The van der Waals surface area contributed by atoms with E-state index >= 15 is 0 Å². The summed E-state index contributed by atoms with van der Waals surface area (Å²) in [5.41, 5.74) is 1.33. The first-order chi connectivity index (χ1) is 11.8. The third-order valence-corrected chi connectivity index (χ3v) is 4.85. The number of ether oxygens (including phenoxy) is 2. The number of aryl methyl sites for hydroxylation is 1. The summed E-state index contributed by atoms with van der Waals surface area (Å²) >= 11 is 0.972. The van der Waals surface area contributed by atoms with Crippen LogP contribution >= 0.6 is 11.3 Å². The highest BCUT2D eigenvalue weighted by Crippen LogP contribution is 2.34. The van der Waals surface area contributed by atoms with Gasteiger partial charge in [-0.05, 0) is 32.4 Å². The van der Waals surface area contributed by atoms with E-state index < -0.39 is 18.0 Å². The molecule has 1 amide bonds. The highest BCUT2D eigenvalue weighted by molar-refractivity contribution is 7.18. The highest BCUT2D eigenvalue weighted by Gasteiger charge is 2.28. The molecule has 9 heteroatoms. The number of methoxy groups -OCH3 is 2. The Morgan fingerprint density at radius 2 is 1.84 bits per heavy atom. The first-order valence-electron chi connectivity index (χ1n) is 7.42. The molecule has 2 heterocycles. The largest absolute Gasteiger partial charge is 0.465 e. The van der Waals surface area contributed by atoms with Crippen LogP contribution in [0.1, 0.15) is 44.3 Å². The lowest BCUT2D eigenvalue weighted by Crippen LogP contribution is -2.24. The van der Waals surface area contributed by atoms with Gasteiger partial charge in [0.1, 0.15) is 15.9 Å². The summed E-state index contributed by atoms with van der Waals surface area (Å²) < 4.78 is 11.0. The fraction of sp³-hybridized carbons (Fsp3) is 0.375. The lowest BCUT2D eigenvalue weighted by Gasteiger charge is -2.12. The second-order valence-electron chi connectivity index (χ2n) is 5.35. The number of nitrogens with zero attached hydrogens (tertiary/aromatic N) is 2. The number of aromatic nitrogens is 2. The average Bonchev–Trinajstić information content (AvgIpc) is 3.16. The molecule has 0 saturated carbocycles. The molecule has 1 unspecified atom stereocenters. The van der Waals surface area contributed by atoms with E-state index in [4.69, 9.17) is 9.47 Å². The number of hydrogen-bond acceptors (Lipinski definition) is 7. The fourth-order valence-electron chi connectivity index (χ4n) is 2.22. The molecule has 0 spiro atoms. The van der Waals surface area contributed by atoms with Crippen LogP contribution in [0.3, 0.4) is 0 Å². The van der Waals surface area contributed by atoms with Crippen LogP contribution in [0.15, 0.2) is 12.3 Å². The van der Waals surface area contributed by atoms with E-state index in [1.54, 1.807) is 26.1 Å². The maximum Gasteiger partial charge on any atom is 0.348 e. The van der Waals surface area contributed by atoms with Crippen LogP contribution < -0.4 is 5.32 Å². The zero-order chi connectivity index (χ0) is 18.7. The number of hydrogen-bond donors (Lipinski definition) is 1. The average molecular weight is 365 g/mol. The van der Waals surface area contributed by atoms with Crippen molar-refractivity contribution in [3.05, 3.63) is 34.0 Å². The molecule has 2 aromatic heterocycles. The molecule has 2 aromatic rings. The smallest absolute Gasteiger partial charge is 0.348 e. The van der Waals surface area contributed by atoms with Crippen molar-refractivity contribution in [2.45, 2.75) is 26.8 Å². The van der Waals surface area contributed by atoms with Crippen LogP contribution in [0.2, 0.25) is 0 Å². The SMILES string of the molecule is COC(=O)c1sc(NC(=O)C(C)n2ccc(C)n2)c(C(=O)OC)c1C. The zero-order valence-electron chi connectivity index (χ0n) is 14.6. The maximum atomic E-state index is 12.5. The molecule has 134 valence electrons. The van der Waals surface area contributed by atoms with E-state index in [-0.39, 0.29) is 21.3 Å². The quantitative estimate of drug-likeness (QED) is 0.817. The Bertz CT molecular complexity index is 824.